The summed E-state index contributed by atoms with van der Waals surface area (Å²) in [7, 11) is -3.64. The fourth-order valence-corrected chi connectivity index (χ4v) is 4.78. The van der Waals surface area contributed by atoms with Crippen LogP contribution in [0.15, 0.2) is 23.1 Å². The van der Waals surface area contributed by atoms with Crippen molar-refractivity contribution in [3.63, 3.8) is 0 Å². The largest absolute Gasteiger partial charge is 0.392 e. The van der Waals surface area contributed by atoms with Crippen molar-refractivity contribution < 1.29 is 18.3 Å². The second kappa shape index (κ2) is 5.27. The van der Waals surface area contributed by atoms with Gasteiger partial charge in [-0.2, -0.15) is 4.31 Å². The lowest BCUT2D eigenvalue weighted by atomic mass is 10.2. The maximum Gasteiger partial charge on any atom is 0.244 e. The smallest absolute Gasteiger partial charge is 0.244 e. The fourth-order valence-electron chi connectivity index (χ4n) is 2.76. The predicted octanol–water partition coefficient (Wildman–Crippen LogP) is 1.38. The molecule has 1 aromatic rings. The summed E-state index contributed by atoms with van der Waals surface area (Å²) < 4.78 is 32.5. The lowest BCUT2D eigenvalue weighted by Gasteiger charge is -2.31. The standard InChI is InChI=1S/C13H16ClNO4S/c14-12-4-1-9(8-16)5-13(12)20(17,18)15-6-10-2-3-11(7-15)19-10/h1,4-5,10-11,16H,2-3,6-8H2. The molecule has 2 bridgehead atoms. The molecule has 0 saturated carbocycles. The Bertz CT molecular complexity index is 607. The SMILES string of the molecule is O=S(=O)(c1cc(CO)ccc1Cl)N1CC2CCC(C1)O2. The molecule has 2 aliphatic rings. The highest BCUT2D eigenvalue weighted by Crippen LogP contribution is 2.32. The predicted molar refractivity (Wildman–Crippen MR) is 74.0 cm³/mol. The first-order valence-electron chi connectivity index (χ1n) is 6.55. The summed E-state index contributed by atoms with van der Waals surface area (Å²) in [5, 5.41) is 9.33. The van der Waals surface area contributed by atoms with Crippen molar-refractivity contribution in [3.05, 3.63) is 28.8 Å². The zero-order valence-electron chi connectivity index (χ0n) is 10.8. The number of morpholine rings is 1. The van der Waals surface area contributed by atoms with Gasteiger partial charge in [0.25, 0.3) is 0 Å². The lowest BCUT2D eigenvalue weighted by Crippen LogP contribution is -2.45. The summed E-state index contributed by atoms with van der Waals surface area (Å²) in [6, 6.07) is 4.56. The van der Waals surface area contributed by atoms with Crippen LogP contribution in [0.25, 0.3) is 0 Å². The van der Waals surface area contributed by atoms with Gasteiger partial charge in [-0.3, -0.25) is 0 Å². The van der Waals surface area contributed by atoms with E-state index in [1.807, 2.05) is 0 Å². The number of aliphatic hydroxyl groups is 1. The monoisotopic (exact) mass is 317 g/mol. The van der Waals surface area contributed by atoms with Crippen molar-refractivity contribution in [2.75, 3.05) is 13.1 Å². The van der Waals surface area contributed by atoms with Gasteiger partial charge in [0.15, 0.2) is 0 Å². The molecule has 0 amide bonds. The number of sulfonamides is 1. The molecule has 1 N–H and O–H groups in total. The van der Waals surface area contributed by atoms with Crippen molar-refractivity contribution >= 4 is 21.6 Å². The van der Waals surface area contributed by atoms with Crippen LogP contribution in [-0.2, 0) is 21.4 Å². The first kappa shape index (κ1) is 14.3. The van der Waals surface area contributed by atoms with Crippen LogP contribution in [0.5, 0.6) is 0 Å². The van der Waals surface area contributed by atoms with Gasteiger partial charge < -0.3 is 9.84 Å². The lowest BCUT2D eigenvalue weighted by molar-refractivity contribution is -0.0114. The molecule has 1 aromatic carbocycles. The van der Waals surface area contributed by atoms with Crippen LogP contribution in [0, 0.1) is 0 Å². The van der Waals surface area contributed by atoms with Crippen molar-refractivity contribution in [3.8, 4) is 0 Å². The van der Waals surface area contributed by atoms with E-state index in [9.17, 15) is 8.42 Å². The maximum absolute atomic E-state index is 12.7. The number of halogens is 1. The summed E-state index contributed by atoms with van der Waals surface area (Å²) in [4.78, 5) is 0.0621. The van der Waals surface area contributed by atoms with Crippen LogP contribution < -0.4 is 0 Å². The van der Waals surface area contributed by atoms with Gasteiger partial charge in [0.2, 0.25) is 10.0 Å². The number of ether oxygens (including phenoxy) is 1. The first-order valence-corrected chi connectivity index (χ1v) is 8.37. The highest BCUT2D eigenvalue weighted by atomic mass is 35.5. The van der Waals surface area contributed by atoms with Gasteiger partial charge >= 0.3 is 0 Å². The van der Waals surface area contributed by atoms with E-state index in [2.05, 4.69) is 0 Å². The van der Waals surface area contributed by atoms with E-state index < -0.39 is 10.0 Å². The Morgan fingerprint density at radius 2 is 1.95 bits per heavy atom. The molecule has 2 fully saturated rings. The normalized spacial score (nSPS) is 26.9. The van der Waals surface area contributed by atoms with Crippen LogP contribution in [0.4, 0.5) is 0 Å². The number of hydrogen-bond donors (Lipinski definition) is 1. The van der Waals surface area contributed by atoms with E-state index in [0.717, 1.165) is 12.8 Å². The molecule has 5 nitrogen and oxygen atoms in total. The molecule has 2 saturated heterocycles. The molecular weight excluding hydrogens is 302 g/mol. The minimum Gasteiger partial charge on any atom is -0.392 e. The molecule has 0 spiro atoms. The molecular formula is C13H16ClNO4S. The van der Waals surface area contributed by atoms with Crippen molar-refractivity contribution in [1.29, 1.82) is 0 Å². The summed E-state index contributed by atoms with van der Waals surface area (Å²) in [5.74, 6) is 0. The molecule has 2 unspecified atom stereocenters. The average molecular weight is 318 g/mol. The van der Waals surface area contributed by atoms with Gasteiger partial charge in [-0.25, -0.2) is 8.42 Å². The van der Waals surface area contributed by atoms with Crippen molar-refractivity contribution in [2.45, 2.75) is 36.6 Å². The molecule has 110 valence electrons. The van der Waals surface area contributed by atoms with Gasteiger partial charge in [-0.1, -0.05) is 17.7 Å². The third kappa shape index (κ3) is 2.46. The maximum atomic E-state index is 12.7. The van der Waals surface area contributed by atoms with Crippen LogP contribution in [-0.4, -0.2) is 43.1 Å². The Kier molecular flexibility index (Phi) is 3.77. The van der Waals surface area contributed by atoms with E-state index in [1.165, 1.54) is 16.4 Å². The van der Waals surface area contributed by atoms with Gasteiger partial charge in [0.1, 0.15) is 4.90 Å². The Balaban J connectivity index is 1.95. The minimum atomic E-state index is -3.64. The molecule has 2 heterocycles. The van der Waals surface area contributed by atoms with Crippen LogP contribution in [0.1, 0.15) is 18.4 Å². The summed E-state index contributed by atoms with van der Waals surface area (Å²) >= 11 is 6.03. The second-order valence-electron chi connectivity index (χ2n) is 5.20. The molecule has 2 aliphatic heterocycles. The van der Waals surface area contributed by atoms with E-state index in [1.54, 1.807) is 6.07 Å². The number of fused-ring (bicyclic) bond motifs is 2. The summed E-state index contributed by atoms with van der Waals surface area (Å²) in [6.45, 7) is 0.533. The molecule has 20 heavy (non-hydrogen) atoms. The zero-order valence-corrected chi connectivity index (χ0v) is 12.4. The van der Waals surface area contributed by atoms with Crippen molar-refractivity contribution in [2.24, 2.45) is 0 Å². The Morgan fingerprint density at radius 3 is 2.55 bits per heavy atom. The topological polar surface area (TPSA) is 66.8 Å². The van der Waals surface area contributed by atoms with Gasteiger partial charge in [0, 0.05) is 13.1 Å². The third-order valence-electron chi connectivity index (χ3n) is 3.81. The quantitative estimate of drug-likeness (QED) is 0.914. The minimum absolute atomic E-state index is 0.0108. The van der Waals surface area contributed by atoms with E-state index in [0.29, 0.717) is 18.7 Å². The zero-order chi connectivity index (χ0) is 14.3. The Morgan fingerprint density at radius 1 is 1.30 bits per heavy atom. The van der Waals surface area contributed by atoms with Crippen LogP contribution in [0.3, 0.4) is 0 Å². The van der Waals surface area contributed by atoms with Gasteiger partial charge in [-0.15, -0.1) is 0 Å². The number of hydrogen-bond acceptors (Lipinski definition) is 4. The number of aliphatic hydroxyl groups excluding tert-OH is 1. The number of nitrogens with zero attached hydrogens (tertiary/aromatic N) is 1. The Labute approximate surface area is 123 Å². The molecule has 0 aliphatic carbocycles. The fraction of sp³-hybridized carbons (Fsp3) is 0.538. The highest BCUT2D eigenvalue weighted by molar-refractivity contribution is 7.89. The van der Waals surface area contributed by atoms with Gasteiger partial charge in [0.05, 0.1) is 23.8 Å². The first-order chi connectivity index (χ1) is 9.50. The molecule has 3 rings (SSSR count). The summed E-state index contributed by atoms with van der Waals surface area (Å²) in [6.07, 6.45) is 1.79. The summed E-state index contributed by atoms with van der Waals surface area (Å²) in [5.41, 5.74) is 0.532. The van der Waals surface area contributed by atoms with E-state index in [-0.39, 0.29) is 28.7 Å². The highest BCUT2D eigenvalue weighted by Gasteiger charge is 2.39. The van der Waals surface area contributed by atoms with Gasteiger partial charge in [-0.05, 0) is 30.5 Å². The van der Waals surface area contributed by atoms with Crippen LogP contribution in [0.2, 0.25) is 5.02 Å². The number of rotatable bonds is 3. The number of benzene rings is 1. The van der Waals surface area contributed by atoms with E-state index >= 15 is 0 Å². The van der Waals surface area contributed by atoms with E-state index in [4.69, 9.17) is 21.4 Å². The Hall–Kier alpha value is -0.660. The average Bonchev–Trinajstić information content (AvgIpc) is 2.77. The third-order valence-corrected chi connectivity index (χ3v) is 6.12. The van der Waals surface area contributed by atoms with Crippen molar-refractivity contribution in [1.82, 2.24) is 4.31 Å². The second-order valence-corrected chi connectivity index (χ2v) is 7.52. The molecule has 2 atom stereocenters. The molecule has 7 heteroatoms. The molecule has 0 radical (unpaired) electrons. The molecule has 0 aromatic heterocycles. The van der Waals surface area contributed by atoms with Crippen LogP contribution >= 0.6 is 11.6 Å².